The predicted octanol–water partition coefficient (Wildman–Crippen LogP) is 3.27. The first kappa shape index (κ1) is 19.5. The predicted molar refractivity (Wildman–Crippen MR) is 111 cm³/mol. The zero-order chi connectivity index (χ0) is 19.2. The number of fused-ring (bicyclic) bond motifs is 1. The van der Waals surface area contributed by atoms with Crippen molar-refractivity contribution in [2.75, 3.05) is 20.3 Å². The minimum absolute atomic E-state index is 0.213. The van der Waals surface area contributed by atoms with Crippen LogP contribution in [0.5, 0.6) is 5.88 Å². The molecule has 0 amide bonds. The minimum atomic E-state index is 0.213. The van der Waals surface area contributed by atoms with Crippen LogP contribution in [0.15, 0.2) is 23.3 Å². The van der Waals surface area contributed by atoms with Crippen LogP contribution in [-0.4, -0.2) is 43.4 Å². The van der Waals surface area contributed by atoms with E-state index in [4.69, 9.17) is 9.47 Å². The van der Waals surface area contributed by atoms with Crippen molar-refractivity contribution in [1.82, 2.24) is 15.6 Å². The fourth-order valence-corrected chi connectivity index (χ4v) is 5.00. The van der Waals surface area contributed by atoms with Crippen LogP contribution in [0.3, 0.4) is 0 Å². The highest BCUT2D eigenvalue weighted by molar-refractivity contribution is 5.79. The Morgan fingerprint density at radius 1 is 1.18 bits per heavy atom. The lowest BCUT2D eigenvalue weighted by atomic mass is 9.79. The molecule has 2 saturated carbocycles. The van der Waals surface area contributed by atoms with E-state index in [0.29, 0.717) is 18.5 Å². The van der Waals surface area contributed by atoms with Crippen LogP contribution in [0.25, 0.3) is 0 Å². The van der Waals surface area contributed by atoms with Gasteiger partial charge in [-0.15, -0.1) is 0 Å². The lowest BCUT2D eigenvalue weighted by molar-refractivity contribution is 0.0237. The monoisotopic (exact) mass is 386 g/mol. The van der Waals surface area contributed by atoms with Gasteiger partial charge in [-0.2, -0.15) is 0 Å². The summed E-state index contributed by atoms with van der Waals surface area (Å²) in [6.07, 6.45) is 12.1. The maximum absolute atomic E-state index is 6.03. The summed E-state index contributed by atoms with van der Waals surface area (Å²) in [5.74, 6) is 3.51. The molecule has 0 radical (unpaired) electrons. The van der Waals surface area contributed by atoms with Crippen LogP contribution in [0, 0.1) is 11.8 Å². The number of ether oxygens (including phenoxy) is 2. The smallest absolute Gasteiger partial charge is 0.213 e. The summed E-state index contributed by atoms with van der Waals surface area (Å²) >= 11 is 0. The first-order valence-electron chi connectivity index (χ1n) is 11.0. The van der Waals surface area contributed by atoms with Crippen molar-refractivity contribution in [1.29, 1.82) is 0 Å². The fraction of sp³-hybridized carbons (Fsp3) is 0.727. The van der Waals surface area contributed by atoms with Gasteiger partial charge in [-0.05, 0) is 42.7 Å². The maximum Gasteiger partial charge on any atom is 0.213 e. The molecule has 0 aromatic carbocycles. The summed E-state index contributed by atoms with van der Waals surface area (Å²) in [6.45, 7) is 2.26. The van der Waals surface area contributed by atoms with Crippen LogP contribution in [0.1, 0.15) is 56.9 Å². The van der Waals surface area contributed by atoms with Crippen molar-refractivity contribution in [2.24, 2.45) is 16.8 Å². The lowest BCUT2D eigenvalue weighted by Gasteiger charge is -2.33. The highest BCUT2D eigenvalue weighted by Crippen LogP contribution is 2.42. The summed E-state index contributed by atoms with van der Waals surface area (Å²) in [5, 5.41) is 7.11. The molecule has 6 nitrogen and oxygen atoms in total. The van der Waals surface area contributed by atoms with E-state index in [1.54, 1.807) is 0 Å². The van der Waals surface area contributed by atoms with Gasteiger partial charge in [0.15, 0.2) is 5.96 Å². The van der Waals surface area contributed by atoms with E-state index >= 15 is 0 Å². The van der Waals surface area contributed by atoms with Gasteiger partial charge in [0.25, 0.3) is 0 Å². The fourth-order valence-electron chi connectivity index (χ4n) is 5.00. The average Bonchev–Trinajstić information content (AvgIpc) is 3.20. The topological polar surface area (TPSA) is 67.8 Å². The van der Waals surface area contributed by atoms with Crippen LogP contribution in [-0.2, 0) is 11.3 Å². The number of guanidine groups is 1. The molecule has 1 aromatic rings. The van der Waals surface area contributed by atoms with E-state index in [9.17, 15) is 0 Å². The zero-order valence-corrected chi connectivity index (χ0v) is 17.0. The van der Waals surface area contributed by atoms with E-state index < -0.39 is 0 Å². The van der Waals surface area contributed by atoms with E-state index in [-0.39, 0.29) is 6.10 Å². The molecule has 6 heteroatoms. The molecule has 2 heterocycles. The molecule has 154 valence electrons. The number of aromatic nitrogens is 1. The number of hydrogen-bond donors (Lipinski definition) is 2. The third-order valence-electron chi connectivity index (χ3n) is 6.57. The second-order valence-corrected chi connectivity index (χ2v) is 8.46. The molecule has 1 saturated heterocycles. The number of rotatable bonds is 5. The van der Waals surface area contributed by atoms with E-state index in [0.717, 1.165) is 49.4 Å². The Morgan fingerprint density at radius 3 is 2.89 bits per heavy atom. The number of nitrogens with zero attached hydrogens (tertiary/aromatic N) is 2. The first-order chi connectivity index (χ1) is 13.8. The standard InChI is InChI=1S/C22H34N4O2/c1-23-22(26-19-6-5-17-3-2-4-18(17)14-19)25-15-16-7-10-24-21(13-16)28-20-8-11-27-12-9-20/h7,10,13,17-20H,2-6,8-9,11-12,14-15H2,1H3,(H2,23,25,26). The molecule has 3 atom stereocenters. The van der Waals surface area contributed by atoms with Gasteiger partial charge in [-0.25, -0.2) is 4.98 Å². The molecule has 4 rings (SSSR count). The molecule has 0 spiro atoms. The quantitative estimate of drug-likeness (QED) is 0.600. The average molecular weight is 387 g/mol. The highest BCUT2D eigenvalue weighted by atomic mass is 16.5. The molecular formula is C22H34N4O2. The van der Waals surface area contributed by atoms with Crippen molar-refractivity contribution in [3.63, 3.8) is 0 Å². The maximum atomic E-state index is 6.03. The number of aliphatic imine (C=N–C) groups is 1. The summed E-state index contributed by atoms with van der Waals surface area (Å²) < 4.78 is 11.4. The molecule has 28 heavy (non-hydrogen) atoms. The molecule has 1 aliphatic heterocycles. The molecule has 2 aliphatic carbocycles. The summed E-state index contributed by atoms with van der Waals surface area (Å²) in [5.41, 5.74) is 1.15. The summed E-state index contributed by atoms with van der Waals surface area (Å²) in [6, 6.07) is 4.61. The van der Waals surface area contributed by atoms with Crippen molar-refractivity contribution in [3.8, 4) is 5.88 Å². The van der Waals surface area contributed by atoms with Gasteiger partial charge in [0.2, 0.25) is 5.88 Å². The zero-order valence-electron chi connectivity index (χ0n) is 17.0. The Labute approximate surface area is 168 Å². The number of nitrogens with one attached hydrogen (secondary N) is 2. The molecule has 0 bridgehead atoms. The molecule has 1 aromatic heterocycles. The van der Waals surface area contributed by atoms with Gasteiger partial charge in [0.05, 0.1) is 13.2 Å². The Bertz CT molecular complexity index is 660. The Hall–Kier alpha value is -1.82. The van der Waals surface area contributed by atoms with Gasteiger partial charge in [-0.3, -0.25) is 4.99 Å². The number of hydrogen-bond acceptors (Lipinski definition) is 4. The van der Waals surface area contributed by atoms with Crippen LogP contribution in [0.2, 0.25) is 0 Å². The molecule has 3 aliphatic rings. The van der Waals surface area contributed by atoms with Crippen LogP contribution in [0.4, 0.5) is 0 Å². The third kappa shape index (κ3) is 5.16. The molecule has 3 unspecified atom stereocenters. The number of pyridine rings is 1. The SMILES string of the molecule is CN=C(NCc1ccnc(OC2CCOCC2)c1)NC1CCC2CCCC2C1. The molecule has 2 N–H and O–H groups in total. The van der Waals surface area contributed by atoms with Gasteiger partial charge in [0, 0.05) is 44.7 Å². The van der Waals surface area contributed by atoms with Crippen LogP contribution >= 0.6 is 0 Å². The van der Waals surface area contributed by atoms with Gasteiger partial charge in [0.1, 0.15) is 6.10 Å². The summed E-state index contributed by atoms with van der Waals surface area (Å²) in [4.78, 5) is 8.80. The van der Waals surface area contributed by atoms with Gasteiger partial charge < -0.3 is 20.1 Å². The molecular weight excluding hydrogens is 352 g/mol. The second-order valence-electron chi connectivity index (χ2n) is 8.46. The lowest BCUT2D eigenvalue weighted by Crippen LogP contribution is -2.45. The first-order valence-corrected chi connectivity index (χ1v) is 11.0. The Balaban J connectivity index is 1.26. The van der Waals surface area contributed by atoms with E-state index in [1.807, 2.05) is 25.4 Å². The normalized spacial score (nSPS) is 28.6. The van der Waals surface area contributed by atoms with Crippen LogP contribution < -0.4 is 15.4 Å². The van der Waals surface area contributed by atoms with Crippen molar-refractivity contribution in [3.05, 3.63) is 23.9 Å². The van der Waals surface area contributed by atoms with E-state index in [2.05, 4.69) is 20.6 Å². The van der Waals surface area contributed by atoms with E-state index in [1.165, 1.54) is 38.5 Å². The second kappa shape index (κ2) is 9.59. The van der Waals surface area contributed by atoms with Crippen molar-refractivity contribution in [2.45, 2.75) is 70.1 Å². The largest absolute Gasteiger partial charge is 0.474 e. The van der Waals surface area contributed by atoms with Crippen molar-refractivity contribution >= 4 is 5.96 Å². The van der Waals surface area contributed by atoms with Gasteiger partial charge >= 0.3 is 0 Å². The third-order valence-corrected chi connectivity index (χ3v) is 6.57. The minimum Gasteiger partial charge on any atom is -0.474 e. The molecule has 3 fully saturated rings. The van der Waals surface area contributed by atoms with Gasteiger partial charge in [-0.1, -0.05) is 19.3 Å². The summed E-state index contributed by atoms with van der Waals surface area (Å²) in [7, 11) is 1.85. The highest BCUT2D eigenvalue weighted by Gasteiger charge is 2.33. The van der Waals surface area contributed by atoms with Crippen molar-refractivity contribution < 1.29 is 9.47 Å². The Kier molecular flexibility index (Phi) is 6.68. The Morgan fingerprint density at radius 2 is 2.04 bits per heavy atom.